The summed E-state index contributed by atoms with van der Waals surface area (Å²) < 4.78 is 10.6. The predicted molar refractivity (Wildman–Crippen MR) is 94.6 cm³/mol. The molecule has 0 saturated heterocycles. The number of allylic oxidation sites excluding steroid dienone is 1. The lowest BCUT2D eigenvalue weighted by Crippen LogP contribution is -2.37. The van der Waals surface area contributed by atoms with Crippen molar-refractivity contribution in [2.24, 2.45) is 0 Å². The van der Waals surface area contributed by atoms with Crippen LogP contribution in [0.4, 0.5) is 5.69 Å². The van der Waals surface area contributed by atoms with E-state index in [4.69, 9.17) is 9.47 Å². The van der Waals surface area contributed by atoms with Gasteiger partial charge in [-0.1, -0.05) is 11.6 Å². The molecule has 134 valence electrons. The Bertz CT molecular complexity index is 684. The highest BCUT2D eigenvalue weighted by Crippen LogP contribution is 2.34. The summed E-state index contributed by atoms with van der Waals surface area (Å²) in [7, 11) is 0. The minimum atomic E-state index is -0.216. The third-order valence-electron chi connectivity index (χ3n) is 4.52. The lowest BCUT2D eigenvalue weighted by molar-refractivity contribution is -0.132. The molecule has 0 aromatic heterocycles. The van der Waals surface area contributed by atoms with Crippen LogP contribution in [0.25, 0.3) is 0 Å². The molecule has 0 saturated carbocycles. The first-order chi connectivity index (χ1) is 12.1. The zero-order valence-corrected chi connectivity index (χ0v) is 14.5. The van der Waals surface area contributed by atoms with E-state index in [1.54, 1.807) is 23.1 Å². The number of nitrogens with zero attached hydrogens (tertiary/aromatic N) is 1. The van der Waals surface area contributed by atoms with Gasteiger partial charge >= 0.3 is 0 Å². The molecule has 1 aliphatic carbocycles. The largest absolute Gasteiger partial charge is 0.454 e. The van der Waals surface area contributed by atoms with Crippen LogP contribution in [0.15, 0.2) is 29.8 Å². The Morgan fingerprint density at radius 2 is 2.04 bits per heavy atom. The number of anilines is 1. The number of hydrogen-bond donors (Lipinski definition) is 1. The number of nitrogens with one attached hydrogen (secondary N) is 1. The summed E-state index contributed by atoms with van der Waals surface area (Å²) >= 11 is 0. The highest BCUT2D eigenvalue weighted by atomic mass is 16.7. The van der Waals surface area contributed by atoms with E-state index in [1.807, 2.05) is 0 Å². The fraction of sp³-hybridized carbons (Fsp3) is 0.474. The van der Waals surface area contributed by atoms with Crippen molar-refractivity contribution in [3.05, 3.63) is 29.8 Å². The maximum atomic E-state index is 12.3. The zero-order valence-electron chi connectivity index (χ0n) is 14.5. The van der Waals surface area contributed by atoms with Gasteiger partial charge in [-0.2, -0.15) is 0 Å². The van der Waals surface area contributed by atoms with Crippen LogP contribution in [0, 0.1) is 0 Å². The molecule has 0 spiro atoms. The van der Waals surface area contributed by atoms with Crippen molar-refractivity contribution in [3.8, 4) is 11.5 Å². The maximum absolute atomic E-state index is 12.3. The molecule has 6 nitrogen and oxygen atoms in total. The summed E-state index contributed by atoms with van der Waals surface area (Å²) in [6.07, 6.45) is 7.81. The van der Waals surface area contributed by atoms with Gasteiger partial charge in [0.1, 0.15) is 0 Å². The topological polar surface area (TPSA) is 67.9 Å². The Morgan fingerprint density at radius 3 is 2.80 bits per heavy atom. The van der Waals surface area contributed by atoms with Crippen LogP contribution in [0.3, 0.4) is 0 Å². The van der Waals surface area contributed by atoms with Gasteiger partial charge in [0, 0.05) is 25.2 Å². The molecule has 0 atom stereocenters. The average molecular weight is 344 g/mol. The molecule has 6 heteroatoms. The fourth-order valence-electron chi connectivity index (χ4n) is 3.11. The van der Waals surface area contributed by atoms with Crippen LogP contribution < -0.4 is 14.8 Å². The first-order valence-electron chi connectivity index (χ1n) is 8.75. The third kappa shape index (κ3) is 4.75. The Balaban J connectivity index is 1.53. The van der Waals surface area contributed by atoms with E-state index in [9.17, 15) is 9.59 Å². The molecule has 1 aliphatic heterocycles. The normalized spacial score (nSPS) is 15.5. The van der Waals surface area contributed by atoms with E-state index in [0.717, 1.165) is 19.3 Å². The van der Waals surface area contributed by atoms with Gasteiger partial charge in [-0.25, -0.2) is 0 Å². The summed E-state index contributed by atoms with van der Waals surface area (Å²) in [6, 6.07) is 5.25. The molecule has 0 radical (unpaired) electrons. The number of hydrogen-bond acceptors (Lipinski definition) is 4. The number of benzene rings is 1. The molecule has 2 amide bonds. The minimum Gasteiger partial charge on any atom is -0.454 e. The monoisotopic (exact) mass is 344 g/mol. The summed E-state index contributed by atoms with van der Waals surface area (Å²) in [5.41, 5.74) is 2.03. The van der Waals surface area contributed by atoms with Gasteiger partial charge < -0.3 is 19.7 Å². The summed E-state index contributed by atoms with van der Waals surface area (Å²) in [4.78, 5) is 25.7. The van der Waals surface area contributed by atoms with Gasteiger partial charge in [0.25, 0.3) is 0 Å². The molecule has 2 aliphatic rings. The minimum absolute atomic E-state index is 0.0526. The fourth-order valence-corrected chi connectivity index (χ4v) is 3.11. The molecule has 0 fully saturated rings. The number of carbonyl (C=O) groups is 2. The van der Waals surface area contributed by atoms with Gasteiger partial charge in [-0.15, -0.1) is 0 Å². The van der Waals surface area contributed by atoms with Crippen molar-refractivity contribution in [1.82, 2.24) is 4.90 Å². The van der Waals surface area contributed by atoms with E-state index < -0.39 is 0 Å². The van der Waals surface area contributed by atoms with Gasteiger partial charge in [0.05, 0.1) is 6.54 Å². The van der Waals surface area contributed by atoms with Gasteiger partial charge in [-0.05, 0) is 44.2 Å². The number of carbonyl (C=O) groups excluding carboxylic acids is 2. The second kappa shape index (κ2) is 8.05. The summed E-state index contributed by atoms with van der Waals surface area (Å²) in [6.45, 7) is 2.33. The number of rotatable bonds is 6. The van der Waals surface area contributed by atoms with Gasteiger partial charge in [-0.3, -0.25) is 9.59 Å². The average Bonchev–Trinajstić information content (AvgIpc) is 3.07. The molecule has 0 unspecified atom stereocenters. The van der Waals surface area contributed by atoms with Crippen LogP contribution in [-0.2, 0) is 9.59 Å². The third-order valence-corrected chi connectivity index (χ3v) is 4.52. The number of amides is 2. The molecule has 1 aromatic rings. The predicted octanol–water partition coefficient (Wildman–Crippen LogP) is 3.09. The van der Waals surface area contributed by atoms with Crippen molar-refractivity contribution in [1.29, 1.82) is 0 Å². The quantitative estimate of drug-likeness (QED) is 0.805. The highest BCUT2D eigenvalue weighted by Gasteiger charge is 2.17. The molecule has 1 N–H and O–H groups in total. The van der Waals surface area contributed by atoms with Crippen molar-refractivity contribution in [2.75, 3.05) is 25.2 Å². The van der Waals surface area contributed by atoms with Crippen LogP contribution in [-0.4, -0.2) is 36.6 Å². The smallest absolute Gasteiger partial charge is 0.243 e. The first kappa shape index (κ1) is 17.3. The molecular weight excluding hydrogens is 320 g/mol. The second-order valence-corrected chi connectivity index (χ2v) is 6.41. The van der Waals surface area contributed by atoms with Crippen LogP contribution in [0.1, 0.15) is 39.0 Å². The molecule has 0 bridgehead atoms. The Hall–Kier alpha value is -2.50. The van der Waals surface area contributed by atoms with Crippen LogP contribution >= 0.6 is 0 Å². The standard InChI is InChI=1S/C19H24N2O4/c1-14(22)21(10-9-15-5-3-2-4-6-15)12-19(23)20-16-7-8-17-18(11-16)25-13-24-17/h5,7-8,11H,2-4,6,9-10,12-13H2,1H3,(H,20,23). The van der Waals surface area contributed by atoms with Crippen molar-refractivity contribution >= 4 is 17.5 Å². The van der Waals surface area contributed by atoms with Crippen LogP contribution in [0.2, 0.25) is 0 Å². The SMILES string of the molecule is CC(=O)N(CCC1=CCCCC1)CC(=O)Nc1ccc2c(c1)OCO2. The molecule has 3 rings (SSSR count). The summed E-state index contributed by atoms with van der Waals surface area (Å²) in [5.74, 6) is 0.985. The Kier molecular flexibility index (Phi) is 5.58. The molecule has 1 heterocycles. The van der Waals surface area contributed by atoms with Crippen molar-refractivity contribution < 1.29 is 19.1 Å². The van der Waals surface area contributed by atoms with Crippen LogP contribution in [0.5, 0.6) is 11.5 Å². The highest BCUT2D eigenvalue weighted by molar-refractivity contribution is 5.94. The molecule has 1 aromatic carbocycles. The number of ether oxygens (including phenoxy) is 2. The Morgan fingerprint density at radius 1 is 1.20 bits per heavy atom. The lowest BCUT2D eigenvalue weighted by Gasteiger charge is -2.22. The number of fused-ring (bicyclic) bond motifs is 1. The lowest BCUT2D eigenvalue weighted by atomic mass is 9.97. The molecular formula is C19H24N2O4. The van der Waals surface area contributed by atoms with E-state index in [0.29, 0.717) is 23.7 Å². The zero-order chi connectivity index (χ0) is 17.6. The Labute approximate surface area is 147 Å². The van der Waals surface area contributed by atoms with Gasteiger partial charge in [0.15, 0.2) is 11.5 Å². The van der Waals surface area contributed by atoms with Gasteiger partial charge in [0.2, 0.25) is 18.6 Å². The van der Waals surface area contributed by atoms with E-state index in [2.05, 4.69) is 11.4 Å². The van der Waals surface area contributed by atoms with E-state index >= 15 is 0 Å². The van der Waals surface area contributed by atoms with E-state index in [1.165, 1.54) is 25.3 Å². The van der Waals surface area contributed by atoms with Crippen molar-refractivity contribution in [2.45, 2.75) is 39.0 Å². The summed E-state index contributed by atoms with van der Waals surface area (Å²) in [5, 5.41) is 2.81. The molecule has 25 heavy (non-hydrogen) atoms. The van der Waals surface area contributed by atoms with Crippen molar-refractivity contribution in [3.63, 3.8) is 0 Å². The maximum Gasteiger partial charge on any atom is 0.243 e. The van der Waals surface area contributed by atoms with E-state index in [-0.39, 0.29) is 25.2 Å². The first-order valence-corrected chi connectivity index (χ1v) is 8.75. The second-order valence-electron chi connectivity index (χ2n) is 6.41.